The summed E-state index contributed by atoms with van der Waals surface area (Å²) in [6, 6.07) is 6.29. The third-order valence-corrected chi connectivity index (χ3v) is 4.26. The number of hydrogen-bond donors (Lipinski definition) is 1. The molecule has 2 aromatic rings. The zero-order chi connectivity index (χ0) is 10.1. The molecule has 1 heterocycles. The van der Waals surface area contributed by atoms with Crippen LogP contribution < -0.4 is 0 Å². The van der Waals surface area contributed by atoms with Gasteiger partial charge in [0.1, 0.15) is 0 Å². The first-order chi connectivity index (χ1) is 6.72. The monoisotopic (exact) mass is 331 g/mol. The molecule has 0 saturated carbocycles. The molecule has 0 bridgehead atoms. The average Bonchev–Trinajstić information content (AvgIpc) is 2.48. The van der Waals surface area contributed by atoms with Gasteiger partial charge < -0.3 is 0 Å². The fraction of sp³-hybridized carbons (Fsp3) is 0.100. The van der Waals surface area contributed by atoms with Crippen LogP contribution in [-0.2, 0) is 6.42 Å². The van der Waals surface area contributed by atoms with E-state index in [9.17, 15) is 0 Å². The Bertz CT molecular complexity index is 525. The van der Waals surface area contributed by atoms with Crippen LogP contribution in [0.4, 0.5) is 0 Å². The molecule has 1 aromatic heterocycles. The lowest BCUT2D eigenvalue weighted by Gasteiger charge is -1.99. The summed E-state index contributed by atoms with van der Waals surface area (Å²) in [7, 11) is 0. The van der Waals surface area contributed by atoms with Crippen molar-refractivity contribution >= 4 is 56.6 Å². The van der Waals surface area contributed by atoms with Crippen molar-refractivity contribution in [2.24, 2.45) is 0 Å². The van der Waals surface area contributed by atoms with Crippen LogP contribution in [0.2, 0.25) is 0 Å². The normalized spacial score (nSPS) is 10.4. The number of thiol groups is 1. The molecule has 2 rings (SSSR count). The van der Waals surface area contributed by atoms with Crippen LogP contribution in [0.25, 0.3) is 10.1 Å². The Labute approximate surface area is 105 Å². The highest BCUT2D eigenvalue weighted by Gasteiger charge is 2.06. The number of hydrogen-bond acceptors (Lipinski definition) is 3. The van der Waals surface area contributed by atoms with E-state index in [4.69, 9.17) is 5.26 Å². The summed E-state index contributed by atoms with van der Waals surface area (Å²) < 4.78 is 2.39. The number of nitrogens with zero attached hydrogens (tertiary/aromatic N) is 1. The summed E-state index contributed by atoms with van der Waals surface area (Å²) in [5.41, 5.74) is 1.08. The highest BCUT2D eigenvalue weighted by atomic mass is 127. The van der Waals surface area contributed by atoms with Crippen LogP contribution in [0.3, 0.4) is 0 Å². The van der Waals surface area contributed by atoms with Crippen LogP contribution >= 0.6 is 46.6 Å². The Morgan fingerprint density at radius 3 is 3.00 bits per heavy atom. The van der Waals surface area contributed by atoms with Crippen molar-refractivity contribution in [3.05, 3.63) is 26.6 Å². The van der Waals surface area contributed by atoms with Crippen molar-refractivity contribution < 1.29 is 0 Å². The van der Waals surface area contributed by atoms with Crippen LogP contribution in [0.15, 0.2) is 22.4 Å². The lowest BCUT2D eigenvalue weighted by atomic mass is 10.1. The van der Waals surface area contributed by atoms with E-state index in [1.165, 1.54) is 13.7 Å². The van der Waals surface area contributed by atoms with Gasteiger partial charge in [0.2, 0.25) is 0 Å². The van der Waals surface area contributed by atoms with Gasteiger partial charge in [-0.25, -0.2) is 0 Å². The Hall–Kier alpha value is -0.250. The van der Waals surface area contributed by atoms with E-state index in [1.54, 1.807) is 11.3 Å². The van der Waals surface area contributed by atoms with Crippen LogP contribution in [0.5, 0.6) is 0 Å². The van der Waals surface area contributed by atoms with Crippen molar-refractivity contribution in [3.8, 4) is 6.07 Å². The van der Waals surface area contributed by atoms with Gasteiger partial charge in [0.05, 0.1) is 12.5 Å². The Morgan fingerprint density at radius 2 is 2.29 bits per heavy atom. The number of benzene rings is 1. The van der Waals surface area contributed by atoms with Gasteiger partial charge in [-0.2, -0.15) is 5.26 Å². The van der Waals surface area contributed by atoms with Crippen molar-refractivity contribution in [2.75, 3.05) is 0 Å². The summed E-state index contributed by atoms with van der Waals surface area (Å²) in [6.07, 6.45) is 0.478. The maximum atomic E-state index is 8.62. The molecule has 0 N–H and O–H groups in total. The molecule has 0 aliphatic heterocycles. The third-order valence-electron chi connectivity index (χ3n) is 1.95. The van der Waals surface area contributed by atoms with E-state index in [-0.39, 0.29) is 0 Å². The molecule has 1 nitrogen and oxygen atoms in total. The maximum absolute atomic E-state index is 8.62. The highest BCUT2D eigenvalue weighted by Crippen LogP contribution is 2.33. The second-order valence-electron chi connectivity index (χ2n) is 2.91. The molecule has 14 heavy (non-hydrogen) atoms. The molecule has 0 amide bonds. The molecule has 0 radical (unpaired) electrons. The van der Waals surface area contributed by atoms with E-state index in [1.807, 2.05) is 5.38 Å². The predicted molar refractivity (Wildman–Crippen MR) is 71.1 cm³/mol. The standard InChI is InChI=1S/C10H6INS2/c11-7-3-6(1-2-12)4-9-10(7)8(13)5-14-9/h3-5,13H,1H2. The molecular formula is C10H6INS2. The molecule has 70 valence electrons. The highest BCUT2D eigenvalue weighted by molar-refractivity contribution is 14.1. The quantitative estimate of drug-likeness (QED) is 0.623. The maximum Gasteiger partial charge on any atom is 0.0669 e. The predicted octanol–water partition coefficient (Wildman–Crippen LogP) is 3.86. The summed E-state index contributed by atoms with van der Waals surface area (Å²) in [5, 5.41) is 11.9. The molecule has 4 heteroatoms. The second kappa shape index (κ2) is 4.09. The molecule has 0 unspecified atom stereocenters. The Kier molecular flexibility index (Phi) is 3.00. The Morgan fingerprint density at radius 1 is 1.50 bits per heavy atom. The topological polar surface area (TPSA) is 23.8 Å². The largest absolute Gasteiger partial charge is 0.198 e. The van der Waals surface area contributed by atoms with Gasteiger partial charge in [-0.05, 0) is 40.3 Å². The lowest BCUT2D eigenvalue weighted by Crippen LogP contribution is -1.83. The van der Waals surface area contributed by atoms with E-state index in [0.717, 1.165) is 10.5 Å². The van der Waals surface area contributed by atoms with E-state index in [0.29, 0.717) is 6.42 Å². The van der Waals surface area contributed by atoms with Crippen LogP contribution in [-0.4, -0.2) is 0 Å². The smallest absolute Gasteiger partial charge is 0.0669 e. The van der Waals surface area contributed by atoms with Crippen molar-refractivity contribution in [3.63, 3.8) is 0 Å². The van der Waals surface area contributed by atoms with Crippen molar-refractivity contribution in [1.82, 2.24) is 0 Å². The summed E-state index contributed by atoms with van der Waals surface area (Å²) in [5.74, 6) is 0. The molecule has 0 aliphatic carbocycles. The zero-order valence-electron chi connectivity index (χ0n) is 7.12. The first kappa shape index (κ1) is 10.3. The van der Waals surface area contributed by atoms with Crippen LogP contribution in [0.1, 0.15) is 5.56 Å². The minimum absolute atomic E-state index is 0.478. The van der Waals surface area contributed by atoms with Gasteiger partial charge in [0.15, 0.2) is 0 Å². The SMILES string of the molecule is N#CCc1cc(I)c2c(S)csc2c1. The first-order valence-electron chi connectivity index (χ1n) is 3.98. The summed E-state index contributed by atoms with van der Waals surface area (Å²) >= 11 is 8.37. The van der Waals surface area contributed by atoms with Crippen molar-refractivity contribution in [2.45, 2.75) is 11.3 Å². The zero-order valence-corrected chi connectivity index (χ0v) is 11.0. The van der Waals surface area contributed by atoms with E-state index >= 15 is 0 Å². The fourth-order valence-corrected chi connectivity index (χ4v) is 4.11. The number of nitriles is 1. The number of halogens is 1. The fourth-order valence-electron chi connectivity index (χ4n) is 1.35. The summed E-state index contributed by atoms with van der Waals surface area (Å²) in [6.45, 7) is 0. The van der Waals surface area contributed by atoms with E-state index < -0.39 is 0 Å². The number of fused-ring (bicyclic) bond motifs is 1. The van der Waals surface area contributed by atoms with E-state index in [2.05, 4.69) is 53.4 Å². The van der Waals surface area contributed by atoms with Gasteiger partial charge in [0.25, 0.3) is 0 Å². The molecule has 0 aliphatic rings. The van der Waals surface area contributed by atoms with Crippen molar-refractivity contribution in [1.29, 1.82) is 5.26 Å². The molecular weight excluding hydrogens is 325 g/mol. The van der Waals surface area contributed by atoms with Gasteiger partial charge in [-0.3, -0.25) is 0 Å². The molecule has 0 spiro atoms. The minimum atomic E-state index is 0.478. The number of thiophene rings is 1. The van der Waals surface area contributed by atoms with Gasteiger partial charge in [-0.1, -0.05) is 0 Å². The molecule has 0 saturated heterocycles. The van der Waals surface area contributed by atoms with Gasteiger partial charge in [0, 0.05) is 23.9 Å². The summed E-state index contributed by atoms with van der Waals surface area (Å²) in [4.78, 5) is 1.03. The van der Waals surface area contributed by atoms with Gasteiger partial charge in [-0.15, -0.1) is 24.0 Å². The number of rotatable bonds is 1. The molecule has 1 aromatic carbocycles. The lowest BCUT2D eigenvalue weighted by molar-refractivity contribution is 1.27. The second-order valence-corrected chi connectivity index (χ2v) is 5.46. The third kappa shape index (κ3) is 1.76. The average molecular weight is 331 g/mol. The van der Waals surface area contributed by atoms with Gasteiger partial charge >= 0.3 is 0 Å². The minimum Gasteiger partial charge on any atom is -0.198 e. The molecule has 0 atom stereocenters. The Balaban J connectivity index is 2.69. The van der Waals surface area contributed by atoms with Crippen LogP contribution in [0, 0.1) is 14.9 Å². The molecule has 0 fully saturated rings. The first-order valence-corrected chi connectivity index (χ1v) is 6.38.